The lowest BCUT2D eigenvalue weighted by Gasteiger charge is -2.09. The Morgan fingerprint density at radius 2 is 2.27 bits per heavy atom. The van der Waals surface area contributed by atoms with Crippen LogP contribution >= 0.6 is 0 Å². The number of carboxylic acids is 1. The van der Waals surface area contributed by atoms with Crippen LogP contribution in [0.2, 0.25) is 0 Å². The van der Waals surface area contributed by atoms with Crippen LogP contribution in [-0.2, 0) is 9.53 Å². The highest BCUT2D eigenvalue weighted by Gasteiger charge is 2.42. The van der Waals surface area contributed by atoms with Gasteiger partial charge in [-0.05, 0) is 19.1 Å². The average Bonchev–Trinajstić information content (AvgIpc) is 2.71. The summed E-state index contributed by atoms with van der Waals surface area (Å²) in [7, 11) is 0. The molecule has 0 saturated carbocycles. The predicted octanol–water partition coefficient (Wildman–Crippen LogP) is 0.822. The standard InChI is InChI=1S/C9H9NO5/c1-4-2-3-5(14-4)7-6(8(11)12)10-9(13)15-7/h2-3,6-7H,1H3,(H,10,13)(H,11,12). The van der Waals surface area contributed by atoms with E-state index in [0.717, 1.165) is 0 Å². The van der Waals surface area contributed by atoms with Crippen molar-refractivity contribution in [3.63, 3.8) is 0 Å². The first-order valence-corrected chi connectivity index (χ1v) is 4.34. The van der Waals surface area contributed by atoms with Crippen molar-refractivity contribution < 1.29 is 23.8 Å². The summed E-state index contributed by atoms with van der Waals surface area (Å²) in [4.78, 5) is 21.7. The Kier molecular flexibility index (Phi) is 2.11. The lowest BCUT2D eigenvalue weighted by atomic mass is 10.1. The van der Waals surface area contributed by atoms with Gasteiger partial charge < -0.3 is 19.6 Å². The largest absolute Gasteiger partial charge is 0.480 e. The molecule has 6 heteroatoms. The third-order valence-corrected chi connectivity index (χ3v) is 2.12. The molecule has 2 heterocycles. The highest BCUT2D eigenvalue weighted by Crippen LogP contribution is 2.27. The molecule has 1 aliphatic rings. The van der Waals surface area contributed by atoms with Gasteiger partial charge in [0.05, 0.1) is 0 Å². The number of alkyl carbamates (subject to hydrolysis) is 1. The molecule has 0 spiro atoms. The zero-order valence-corrected chi connectivity index (χ0v) is 7.89. The number of rotatable bonds is 2. The number of carbonyl (C=O) groups is 2. The molecular weight excluding hydrogens is 202 g/mol. The number of carboxylic acid groups (broad SMARTS) is 1. The van der Waals surface area contributed by atoms with Gasteiger partial charge in [0.15, 0.2) is 12.1 Å². The van der Waals surface area contributed by atoms with Crippen LogP contribution in [0.15, 0.2) is 16.5 Å². The Morgan fingerprint density at radius 3 is 2.80 bits per heavy atom. The van der Waals surface area contributed by atoms with Gasteiger partial charge in [-0.1, -0.05) is 0 Å². The van der Waals surface area contributed by atoms with Crippen molar-refractivity contribution in [1.82, 2.24) is 5.32 Å². The van der Waals surface area contributed by atoms with Gasteiger partial charge in [-0.2, -0.15) is 0 Å². The zero-order chi connectivity index (χ0) is 11.0. The van der Waals surface area contributed by atoms with E-state index in [4.69, 9.17) is 14.3 Å². The van der Waals surface area contributed by atoms with Gasteiger partial charge in [-0.3, -0.25) is 0 Å². The van der Waals surface area contributed by atoms with Gasteiger partial charge in [-0.25, -0.2) is 9.59 Å². The van der Waals surface area contributed by atoms with Crippen LogP contribution in [0, 0.1) is 6.92 Å². The number of nitrogens with one attached hydrogen (secondary N) is 1. The van der Waals surface area contributed by atoms with Crippen molar-refractivity contribution in [2.45, 2.75) is 19.1 Å². The third-order valence-electron chi connectivity index (χ3n) is 2.12. The molecule has 1 saturated heterocycles. The second-order valence-corrected chi connectivity index (χ2v) is 3.23. The fraction of sp³-hybridized carbons (Fsp3) is 0.333. The van der Waals surface area contributed by atoms with Crippen LogP contribution < -0.4 is 5.32 Å². The summed E-state index contributed by atoms with van der Waals surface area (Å²) in [6, 6.07) is 2.18. The highest BCUT2D eigenvalue weighted by molar-refractivity contribution is 5.83. The molecule has 0 aliphatic carbocycles. The van der Waals surface area contributed by atoms with E-state index in [2.05, 4.69) is 5.32 Å². The molecule has 80 valence electrons. The Morgan fingerprint density at radius 1 is 1.53 bits per heavy atom. The predicted molar refractivity (Wildman–Crippen MR) is 47.2 cm³/mol. The number of hydrogen-bond acceptors (Lipinski definition) is 4. The molecule has 1 aromatic rings. The van der Waals surface area contributed by atoms with E-state index in [-0.39, 0.29) is 0 Å². The Hall–Kier alpha value is -1.98. The van der Waals surface area contributed by atoms with Crippen LogP contribution in [0.5, 0.6) is 0 Å². The molecule has 15 heavy (non-hydrogen) atoms. The molecule has 2 atom stereocenters. The number of hydrogen-bond donors (Lipinski definition) is 2. The Labute approximate surface area is 84.8 Å². The number of carbonyl (C=O) groups excluding carboxylic acids is 1. The van der Waals surface area contributed by atoms with Crippen molar-refractivity contribution in [3.05, 3.63) is 23.7 Å². The maximum atomic E-state index is 10.9. The van der Waals surface area contributed by atoms with E-state index < -0.39 is 24.2 Å². The molecule has 1 aliphatic heterocycles. The Balaban J connectivity index is 2.27. The van der Waals surface area contributed by atoms with Crippen LogP contribution in [0.4, 0.5) is 4.79 Å². The van der Waals surface area contributed by atoms with Gasteiger partial charge >= 0.3 is 12.1 Å². The van der Waals surface area contributed by atoms with Crippen LogP contribution in [-0.4, -0.2) is 23.2 Å². The van der Waals surface area contributed by atoms with Crippen LogP contribution in [0.25, 0.3) is 0 Å². The summed E-state index contributed by atoms with van der Waals surface area (Å²) in [5.74, 6) is -0.185. The van der Waals surface area contributed by atoms with Crippen LogP contribution in [0.3, 0.4) is 0 Å². The number of ether oxygens (including phenoxy) is 1. The first kappa shape index (κ1) is 9.57. The SMILES string of the molecule is Cc1ccc(C2OC(=O)NC2C(=O)O)o1. The quantitative estimate of drug-likeness (QED) is 0.756. The molecular formula is C9H9NO5. The second kappa shape index (κ2) is 3.30. The smallest absolute Gasteiger partial charge is 0.408 e. The van der Waals surface area contributed by atoms with Crippen molar-refractivity contribution in [2.75, 3.05) is 0 Å². The number of amides is 1. The summed E-state index contributed by atoms with van der Waals surface area (Å²) in [6.45, 7) is 1.73. The van der Waals surface area contributed by atoms with Crippen molar-refractivity contribution in [3.8, 4) is 0 Å². The van der Waals surface area contributed by atoms with Gasteiger partial charge in [0.25, 0.3) is 0 Å². The van der Waals surface area contributed by atoms with Gasteiger partial charge in [-0.15, -0.1) is 0 Å². The monoisotopic (exact) mass is 211 g/mol. The molecule has 0 radical (unpaired) electrons. The summed E-state index contributed by atoms with van der Waals surface area (Å²) in [6.07, 6.45) is -1.65. The normalized spacial score (nSPS) is 24.7. The molecule has 1 amide bonds. The molecule has 1 aromatic heterocycles. The average molecular weight is 211 g/mol. The summed E-state index contributed by atoms with van der Waals surface area (Å²) in [5.41, 5.74) is 0. The number of cyclic esters (lactones) is 1. The maximum absolute atomic E-state index is 10.9. The summed E-state index contributed by atoms with van der Waals surface area (Å²) >= 11 is 0. The summed E-state index contributed by atoms with van der Waals surface area (Å²) in [5, 5.41) is 11.0. The number of aryl methyl sites for hydroxylation is 1. The topological polar surface area (TPSA) is 88.8 Å². The molecule has 1 fully saturated rings. The van der Waals surface area contributed by atoms with Gasteiger partial charge in [0.1, 0.15) is 11.5 Å². The number of furan rings is 1. The van der Waals surface area contributed by atoms with Crippen molar-refractivity contribution in [2.24, 2.45) is 0 Å². The number of aliphatic carboxylic acids is 1. The van der Waals surface area contributed by atoms with Crippen LogP contribution in [0.1, 0.15) is 17.6 Å². The van der Waals surface area contributed by atoms with E-state index in [1.165, 1.54) is 0 Å². The van der Waals surface area contributed by atoms with E-state index >= 15 is 0 Å². The molecule has 6 nitrogen and oxygen atoms in total. The van der Waals surface area contributed by atoms with Crippen molar-refractivity contribution >= 4 is 12.1 Å². The lowest BCUT2D eigenvalue weighted by Crippen LogP contribution is -2.35. The lowest BCUT2D eigenvalue weighted by molar-refractivity contribution is -0.140. The molecule has 2 unspecified atom stereocenters. The maximum Gasteiger partial charge on any atom is 0.408 e. The highest BCUT2D eigenvalue weighted by atomic mass is 16.6. The first-order chi connectivity index (χ1) is 7.08. The minimum absolute atomic E-state index is 0.332. The molecule has 0 bridgehead atoms. The minimum atomic E-state index is -1.15. The second-order valence-electron chi connectivity index (χ2n) is 3.23. The van der Waals surface area contributed by atoms with E-state index in [1.54, 1.807) is 19.1 Å². The molecule has 2 rings (SSSR count). The molecule has 0 aromatic carbocycles. The summed E-state index contributed by atoms with van der Waals surface area (Å²) < 4.78 is 10.0. The van der Waals surface area contributed by atoms with E-state index in [1.807, 2.05) is 0 Å². The Bertz CT molecular complexity index is 410. The molecule has 2 N–H and O–H groups in total. The fourth-order valence-corrected chi connectivity index (χ4v) is 1.44. The third kappa shape index (κ3) is 1.65. The zero-order valence-electron chi connectivity index (χ0n) is 7.89. The van der Waals surface area contributed by atoms with Gasteiger partial charge in [0, 0.05) is 0 Å². The van der Waals surface area contributed by atoms with E-state index in [0.29, 0.717) is 11.5 Å². The van der Waals surface area contributed by atoms with Gasteiger partial charge in [0.2, 0.25) is 0 Å². The first-order valence-electron chi connectivity index (χ1n) is 4.34. The van der Waals surface area contributed by atoms with E-state index in [9.17, 15) is 9.59 Å². The fourth-order valence-electron chi connectivity index (χ4n) is 1.44. The van der Waals surface area contributed by atoms with Crippen molar-refractivity contribution in [1.29, 1.82) is 0 Å². The minimum Gasteiger partial charge on any atom is -0.480 e.